The van der Waals surface area contributed by atoms with Crippen LogP contribution in [0.5, 0.6) is 0 Å². The quantitative estimate of drug-likeness (QED) is 0.703. The van der Waals surface area contributed by atoms with Crippen LogP contribution >= 0.6 is 0 Å². The Labute approximate surface area is 87.6 Å². The molecule has 2 bridgehead atoms. The van der Waals surface area contributed by atoms with Gasteiger partial charge in [-0.25, -0.2) is 0 Å². The van der Waals surface area contributed by atoms with Gasteiger partial charge in [0.05, 0.1) is 0 Å². The van der Waals surface area contributed by atoms with Crippen molar-refractivity contribution in [3.05, 3.63) is 0 Å². The third-order valence-electron chi connectivity index (χ3n) is 4.25. The predicted octanol–water partition coefficient (Wildman–Crippen LogP) is 1.75. The lowest BCUT2D eigenvalue weighted by atomic mass is 9.86. The molecule has 0 saturated heterocycles. The third-order valence-corrected chi connectivity index (χ3v) is 4.25. The molecule has 0 aromatic rings. The minimum Gasteiger partial charge on any atom is -0.329 e. The van der Waals surface area contributed by atoms with Crippen LogP contribution in [0.1, 0.15) is 39.0 Å². The monoisotopic (exact) mass is 196 g/mol. The van der Waals surface area contributed by atoms with Gasteiger partial charge in [0, 0.05) is 12.6 Å². The molecule has 2 heteroatoms. The van der Waals surface area contributed by atoms with Gasteiger partial charge in [0.15, 0.2) is 0 Å². The Morgan fingerprint density at radius 1 is 1.36 bits per heavy atom. The summed E-state index contributed by atoms with van der Waals surface area (Å²) in [5, 5.41) is 3.49. The van der Waals surface area contributed by atoms with E-state index in [2.05, 4.69) is 12.2 Å². The summed E-state index contributed by atoms with van der Waals surface area (Å²) in [6.45, 7) is 4.10. The summed E-state index contributed by atoms with van der Waals surface area (Å²) in [5.74, 6) is 3.21. The summed E-state index contributed by atoms with van der Waals surface area (Å²) in [6, 6.07) is 0.494. The van der Waals surface area contributed by atoms with Crippen molar-refractivity contribution in [3.63, 3.8) is 0 Å². The van der Waals surface area contributed by atoms with Crippen molar-refractivity contribution in [3.8, 4) is 0 Å². The van der Waals surface area contributed by atoms with Crippen LogP contribution in [0.2, 0.25) is 0 Å². The molecule has 0 spiro atoms. The molecule has 0 amide bonds. The van der Waals surface area contributed by atoms with Gasteiger partial charge in [-0.1, -0.05) is 6.42 Å². The predicted molar refractivity (Wildman–Crippen MR) is 60.1 cm³/mol. The van der Waals surface area contributed by atoms with Crippen LogP contribution in [0.15, 0.2) is 0 Å². The Morgan fingerprint density at radius 2 is 2.21 bits per heavy atom. The van der Waals surface area contributed by atoms with Crippen LogP contribution < -0.4 is 11.1 Å². The fourth-order valence-electron chi connectivity index (χ4n) is 3.33. The first-order valence-corrected chi connectivity index (χ1v) is 6.23. The summed E-state index contributed by atoms with van der Waals surface area (Å²) >= 11 is 0. The maximum Gasteiger partial charge on any atom is 0.0161 e. The lowest BCUT2D eigenvalue weighted by Gasteiger charge is -2.22. The second-order valence-electron chi connectivity index (χ2n) is 5.31. The minimum atomic E-state index is 0.494. The van der Waals surface area contributed by atoms with Crippen LogP contribution in [0, 0.1) is 17.8 Å². The van der Waals surface area contributed by atoms with Crippen molar-refractivity contribution in [2.24, 2.45) is 23.5 Å². The molecule has 14 heavy (non-hydrogen) atoms. The molecular weight excluding hydrogens is 172 g/mol. The third kappa shape index (κ3) is 2.29. The molecule has 4 atom stereocenters. The standard InChI is InChI=1S/C12H24N2/c1-9(8-13)14-5-4-12-7-10-2-3-11(12)6-10/h9-12,14H,2-8,13H2,1H3/t9-,10?,11?,12?/m0/s1. The van der Waals surface area contributed by atoms with Crippen molar-refractivity contribution in [1.29, 1.82) is 0 Å². The molecule has 2 nitrogen and oxygen atoms in total. The van der Waals surface area contributed by atoms with Crippen LogP contribution in [0.25, 0.3) is 0 Å². The molecule has 0 radical (unpaired) electrons. The van der Waals surface area contributed by atoms with E-state index >= 15 is 0 Å². The first-order chi connectivity index (χ1) is 6.79. The van der Waals surface area contributed by atoms with E-state index in [0.29, 0.717) is 6.04 Å². The highest BCUT2D eigenvalue weighted by Crippen LogP contribution is 2.49. The van der Waals surface area contributed by atoms with E-state index in [9.17, 15) is 0 Å². The zero-order valence-electron chi connectivity index (χ0n) is 9.34. The number of nitrogens with one attached hydrogen (secondary N) is 1. The maximum absolute atomic E-state index is 5.56. The number of nitrogens with two attached hydrogens (primary N) is 1. The lowest BCUT2D eigenvalue weighted by Crippen LogP contribution is -2.34. The molecule has 2 fully saturated rings. The van der Waals surface area contributed by atoms with E-state index in [1.54, 1.807) is 0 Å². The molecule has 2 aliphatic rings. The molecular formula is C12H24N2. The number of hydrogen-bond donors (Lipinski definition) is 2. The van der Waals surface area contributed by atoms with Crippen LogP contribution in [-0.4, -0.2) is 19.1 Å². The lowest BCUT2D eigenvalue weighted by molar-refractivity contribution is 0.306. The van der Waals surface area contributed by atoms with Gasteiger partial charge >= 0.3 is 0 Å². The summed E-state index contributed by atoms with van der Waals surface area (Å²) < 4.78 is 0. The van der Waals surface area contributed by atoms with E-state index in [1.165, 1.54) is 38.6 Å². The Morgan fingerprint density at radius 3 is 2.79 bits per heavy atom. The van der Waals surface area contributed by atoms with Crippen LogP contribution in [-0.2, 0) is 0 Å². The summed E-state index contributed by atoms with van der Waals surface area (Å²) in [4.78, 5) is 0. The molecule has 82 valence electrons. The van der Waals surface area contributed by atoms with Gasteiger partial charge in [0.1, 0.15) is 0 Å². The van der Waals surface area contributed by atoms with Crippen molar-refractivity contribution < 1.29 is 0 Å². The van der Waals surface area contributed by atoms with E-state index in [1.807, 2.05) is 0 Å². The smallest absolute Gasteiger partial charge is 0.0161 e. The average Bonchev–Trinajstić information content (AvgIpc) is 2.79. The first kappa shape index (κ1) is 10.4. The van der Waals surface area contributed by atoms with Gasteiger partial charge in [-0.2, -0.15) is 0 Å². The highest BCUT2D eigenvalue weighted by Gasteiger charge is 2.38. The SMILES string of the molecule is C[C@@H](CN)NCCC1CC2CCC1C2. The molecule has 3 unspecified atom stereocenters. The second kappa shape index (κ2) is 4.63. The van der Waals surface area contributed by atoms with Crippen molar-refractivity contribution >= 4 is 0 Å². The fourth-order valence-corrected chi connectivity index (χ4v) is 3.33. The van der Waals surface area contributed by atoms with Gasteiger partial charge in [-0.05, 0) is 56.9 Å². The van der Waals surface area contributed by atoms with Gasteiger partial charge in [-0.15, -0.1) is 0 Å². The van der Waals surface area contributed by atoms with E-state index in [4.69, 9.17) is 5.73 Å². The van der Waals surface area contributed by atoms with E-state index < -0.39 is 0 Å². The molecule has 2 rings (SSSR count). The van der Waals surface area contributed by atoms with E-state index in [0.717, 1.165) is 24.3 Å². The Kier molecular flexibility index (Phi) is 3.45. The normalized spacial score (nSPS) is 37.7. The summed E-state index contributed by atoms with van der Waals surface area (Å²) in [5.41, 5.74) is 5.56. The van der Waals surface area contributed by atoms with E-state index in [-0.39, 0.29) is 0 Å². The molecule has 0 heterocycles. The van der Waals surface area contributed by atoms with Gasteiger partial charge < -0.3 is 11.1 Å². The minimum absolute atomic E-state index is 0.494. The topological polar surface area (TPSA) is 38.0 Å². The van der Waals surface area contributed by atoms with Crippen molar-refractivity contribution in [2.75, 3.05) is 13.1 Å². The maximum atomic E-state index is 5.56. The zero-order chi connectivity index (χ0) is 9.97. The van der Waals surface area contributed by atoms with Crippen LogP contribution in [0.3, 0.4) is 0 Å². The summed E-state index contributed by atoms with van der Waals surface area (Å²) in [7, 11) is 0. The Hall–Kier alpha value is -0.0800. The largest absolute Gasteiger partial charge is 0.329 e. The van der Waals surface area contributed by atoms with Gasteiger partial charge in [0.2, 0.25) is 0 Å². The Balaban J connectivity index is 1.62. The molecule has 2 saturated carbocycles. The van der Waals surface area contributed by atoms with Gasteiger partial charge in [-0.3, -0.25) is 0 Å². The number of rotatable bonds is 5. The molecule has 0 aromatic carbocycles. The highest BCUT2D eigenvalue weighted by atomic mass is 14.9. The Bertz CT molecular complexity index is 181. The van der Waals surface area contributed by atoms with Crippen molar-refractivity contribution in [2.45, 2.75) is 45.1 Å². The number of hydrogen-bond acceptors (Lipinski definition) is 2. The molecule has 2 aliphatic carbocycles. The highest BCUT2D eigenvalue weighted by molar-refractivity contribution is 4.90. The molecule has 0 aromatic heterocycles. The summed E-state index contributed by atoms with van der Waals surface area (Å²) in [6.07, 6.45) is 7.47. The first-order valence-electron chi connectivity index (χ1n) is 6.23. The van der Waals surface area contributed by atoms with Crippen LogP contribution in [0.4, 0.5) is 0 Å². The molecule has 3 N–H and O–H groups in total. The average molecular weight is 196 g/mol. The fraction of sp³-hybridized carbons (Fsp3) is 1.00. The zero-order valence-corrected chi connectivity index (χ0v) is 9.34. The number of fused-ring (bicyclic) bond motifs is 2. The van der Waals surface area contributed by atoms with Crippen molar-refractivity contribution in [1.82, 2.24) is 5.32 Å². The second-order valence-corrected chi connectivity index (χ2v) is 5.31. The van der Waals surface area contributed by atoms with Gasteiger partial charge in [0.25, 0.3) is 0 Å². The molecule has 0 aliphatic heterocycles.